The average Bonchev–Trinajstić information content (AvgIpc) is 2.79. The maximum atomic E-state index is 12.9. The molecule has 1 unspecified atom stereocenters. The first kappa shape index (κ1) is 15.6. The number of ketones is 2. The van der Waals surface area contributed by atoms with Crippen molar-refractivity contribution in [1.29, 1.82) is 0 Å². The summed E-state index contributed by atoms with van der Waals surface area (Å²) in [4.78, 5) is 24.7. The predicted octanol–water partition coefficient (Wildman–Crippen LogP) is 3.27. The molecule has 2 N–H and O–H groups in total. The van der Waals surface area contributed by atoms with E-state index in [1.165, 1.54) is 18.4 Å². The van der Waals surface area contributed by atoms with Crippen molar-refractivity contribution in [3.8, 4) is 0 Å². The fourth-order valence-corrected chi connectivity index (χ4v) is 6.57. The normalized spacial score (nSPS) is 46.0. The van der Waals surface area contributed by atoms with E-state index in [9.17, 15) is 9.59 Å². The highest BCUT2D eigenvalue weighted by molar-refractivity contribution is 5.91. The zero-order valence-corrected chi connectivity index (χ0v) is 14.2. The van der Waals surface area contributed by atoms with Crippen LogP contribution < -0.4 is 5.73 Å². The van der Waals surface area contributed by atoms with Gasteiger partial charge >= 0.3 is 0 Å². The Labute approximate surface area is 139 Å². The zero-order valence-electron chi connectivity index (χ0n) is 14.2. The smallest absolute Gasteiger partial charge is 0.155 e. The van der Waals surface area contributed by atoms with E-state index < -0.39 is 0 Å². The Balaban J connectivity index is 1.61. The highest BCUT2D eigenvalue weighted by Gasteiger charge is 2.58. The van der Waals surface area contributed by atoms with Gasteiger partial charge in [0.2, 0.25) is 0 Å². The molecule has 0 spiro atoms. The van der Waals surface area contributed by atoms with E-state index in [2.05, 4.69) is 6.92 Å². The maximum Gasteiger partial charge on any atom is 0.155 e. The van der Waals surface area contributed by atoms with E-state index in [0.717, 1.165) is 38.5 Å². The quantitative estimate of drug-likeness (QED) is 0.850. The number of carbonyl (C=O) groups is 2. The summed E-state index contributed by atoms with van der Waals surface area (Å²) < 4.78 is 0. The third-order valence-electron chi connectivity index (χ3n) is 7.68. The molecule has 0 bridgehead atoms. The molecular weight excluding hydrogens is 286 g/mol. The first-order chi connectivity index (χ1) is 11.0. The third-order valence-corrected chi connectivity index (χ3v) is 7.68. The van der Waals surface area contributed by atoms with Crippen LogP contribution in [-0.2, 0) is 9.59 Å². The van der Waals surface area contributed by atoms with Gasteiger partial charge < -0.3 is 5.73 Å². The SMILES string of the molecule is C[C@]12CC[C@H]3[C@@H](CCC4=CC(=O)CC[C@@H]43)[C@@H]1CC(CCN)C2=O. The van der Waals surface area contributed by atoms with Crippen molar-refractivity contribution >= 4 is 11.6 Å². The van der Waals surface area contributed by atoms with Crippen LogP contribution in [0.4, 0.5) is 0 Å². The Bertz CT molecular complexity index is 566. The van der Waals surface area contributed by atoms with Gasteiger partial charge in [0.15, 0.2) is 5.78 Å². The summed E-state index contributed by atoms with van der Waals surface area (Å²) in [5, 5.41) is 0. The highest BCUT2D eigenvalue weighted by Crippen LogP contribution is 2.61. The van der Waals surface area contributed by atoms with Crippen LogP contribution in [0.15, 0.2) is 11.6 Å². The summed E-state index contributed by atoms with van der Waals surface area (Å²) >= 11 is 0. The van der Waals surface area contributed by atoms with Gasteiger partial charge in [-0.3, -0.25) is 9.59 Å². The lowest BCUT2D eigenvalue weighted by Crippen LogP contribution is -2.46. The molecule has 0 amide bonds. The van der Waals surface area contributed by atoms with Crippen molar-refractivity contribution in [3.05, 3.63) is 11.6 Å². The van der Waals surface area contributed by atoms with Gasteiger partial charge in [-0.1, -0.05) is 12.5 Å². The van der Waals surface area contributed by atoms with E-state index >= 15 is 0 Å². The fourth-order valence-electron chi connectivity index (χ4n) is 6.57. The number of nitrogens with two attached hydrogens (primary N) is 1. The van der Waals surface area contributed by atoms with Gasteiger partial charge in [-0.2, -0.15) is 0 Å². The molecule has 4 aliphatic rings. The number of fused-ring (bicyclic) bond motifs is 5. The van der Waals surface area contributed by atoms with Gasteiger partial charge in [-0.15, -0.1) is 0 Å². The Hall–Kier alpha value is -0.960. The molecule has 0 heterocycles. The Kier molecular flexibility index (Phi) is 3.75. The standard InChI is InChI=1S/C20H29NO2/c1-20-8-6-16-15-5-3-14(22)10-12(15)2-4-17(16)18(20)11-13(7-9-21)19(20)23/h10,13,15-18H,2-9,11,21H2,1H3/t13?,15-,16+,17+,18-,20-/m0/s1. The molecule has 0 saturated heterocycles. The van der Waals surface area contributed by atoms with Gasteiger partial charge in [0.1, 0.15) is 5.78 Å². The molecule has 3 heteroatoms. The third kappa shape index (κ3) is 2.26. The number of rotatable bonds is 2. The van der Waals surface area contributed by atoms with Gasteiger partial charge in [0.05, 0.1) is 0 Å². The molecule has 3 nitrogen and oxygen atoms in total. The molecule has 0 aromatic rings. The molecule has 3 fully saturated rings. The number of hydrogen-bond donors (Lipinski definition) is 1. The van der Waals surface area contributed by atoms with Crippen molar-refractivity contribution in [3.63, 3.8) is 0 Å². The summed E-state index contributed by atoms with van der Waals surface area (Å²) in [5.74, 6) is 3.63. The summed E-state index contributed by atoms with van der Waals surface area (Å²) in [6.07, 6.45) is 10.2. The van der Waals surface area contributed by atoms with E-state index in [0.29, 0.717) is 41.8 Å². The van der Waals surface area contributed by atoms with Gasteiger partial charge in [0.25, 0.3) is 0 Å². The summed E-state index contributed by atoms with van der Waals surface area (Å²) in [6.45, 7) is 2.87. The van der Waals surface area contributed by atoms with E-state index in [1.807, 2.05) is 6.08 Å². The minimum absolute atomic E-state index is 0.0906. The molecule has 0 aromatic carbocycles. The van der Waals surface area contributed by atoms with Crippen LogP contribution in [0.1, 0.15) is 58.3 Å². The molecule has 0 radical (unpaired) electrons. The van der Waals surface area contributed by atoms with Crippen molar-refractivity contribution in [2.24, 2.45) is 40.7 Å². The summed E-state index contributed by atoms with van der Waals surface area (Å²) in [6, 6.07) is 0. The molecule has 126 valence electrons. The molecule has 6 atom stereocenters. The molecule has 3 saturated carbocycles. The fraction of sp³-hybridized carbons (Fsp3) is 0.800. The minimum Gasteiger partial charge on any atom is -0.330 e. The Morgan fingerprint density at radius 3 is 2.78 bits per heavy atom. The van der Waals surface area contributed by atoms with Crippen molar-refractivity contribution < 1.29 is 9.59 Å². The summed E-state index contributed by atoms with van der Waals surface area (Å²) in [5.41, 5.74) is 7.08. The maximum absolute atomic E-state index is 12.9. The number of carbonyl (C=O) groups excluding carboxylic acids is 2. The lowest BCUT2D eigenvalue weighted by Gasteiger charge is -2.52. The Morgan fingerprint density at radius 2 is 2.00 bits per heavy atom. The Morgan fingerprint density at radius 1 is 1.17 bits per heavy atom. The molecule has 0 aliphatic heterocycles. The van der Waals surface area contributed by atoms with Gasteiger partial charge in [-0.05, 0) is 81.2 Å². The van der Waals surface area contributed by atoms with Crippen molar-refractivity contribution in [2.75, 3.05) is 6.54 Å². The largest absolute Gasteiger partial charge is 0.330 e. The average molecular weight is 315 g/mol. The van der Waals surface area contributed by atoms with Gasteiger partial charge in [0, 0.05) is 17.8 Å². The number of hydrogen-bond acceptors (Lipinski definition) is 3. The molecule has 23 heavy (non-hydrogen) atoms. The molecule has 4 rings (SSSR count). The lowest BCUT2D eigenvalue weighted by molar-refractivity contribution is -0.133. The van der Waals surface area contributed by atoms with Crippen LogP contribution in [0, 0.1) is 35.0 Å². The van der Waals surface area contributed by atoms with Crippen LogP contribution in [0.2, 0.25) is 0 Å². The monoisotopic (exact) mass is 315 g/mol. The van der Waals surface area contributed by atoms with Crippen LogP contribution in [-0.4, -0.2) is 18.1 Å². The summed E-state index contributed by atoms with van der Waals surface area (Å²) in [7, 11) is 0. The topological polar surface area (TPSA) is 60.2 Å². The van der Waals surface area contributed by atoms with E-state index in [4.69, 9.17) is 5.73 Å². The molecular formula is C20H29NO2. The number of allylic oxidation sites excluding steroid dienone is 1. The van der Waals surface area contributed by atoms with Gasteiger partial charge in [-0.25, -0.2) is 0 Å². The van der Waals surface area contributed by atoms with E-state index in [1.54, 1.807) is 0 Å². The van der Waals surface area contributed by atoms with Crippen molar-refractivity contribution in [2.45, 2.75) is 58.3 Å². The second kappa shape index (κ2) is 5.54. The lowest BCUT2D eigenvalue weighted by atomic mass is 9.52. The molecule has 4 aliphatic carbocycles. The van der Waals surface area contributed by atoms with Crippen LogP contribution in [0.3, 0.4) is 0 Å². The zero-order chi connectivity index (χ0) is 16.2. The molecule has 0 aromatic heterocycles. The van der Waals surface area contributed by atoms with Crippen molar-refractivity contribution in [1.82, 2.24) is 0 Å². The first-order valence-corrected chi connectivity index (χ1v) is 9.52. The van der Waals surface area contributed by atoms with E-state index in [-0.39, 0.29) is 11.3 Å². The first-order valence-electron chi connectivity index (χ1n) is 9.52. The second-order valence-electron chi connectivity index (χ2n) is 8.63. The van der Waals surface area contributed by atoms with Crippen LogP contribution in [0.25, 0.3) is 0 Å². The second-order valence-corrected chi connectivity index (χ2v) is 8.63. The minimum atomic E-state index is -0.0906. The predicted molar refractivity (Wildman–Crippen MR) is 89.6 cm³/mol. The number of Topliss-reactive ketones (excluding diaryl/α,β-unsaturated/α-hetero) is 1. The van der Waals surface area contributed by atoms with Crippen LogP contribution >= 0.6 is 0 Å². The highest BCUT2D eigenvalue weighted by atomic mass is 16.1. The van der Waals surface area contributed by atoms with Crippen LogP contribution in [0.5, 0.6) is 0 Å².